The minimum absolute atomic E-state index is 0.317. The van der Waals surface area contributed by atoms with Crippen LogP contribution >= 0.6 is 7.60 Å². The van der Waals surface area contributed by atoms with Crippen molar-refractivity contribution in [3.05, 3.63) is 0 Å². The minimum Gasteiger partial charge on any atom is -0.349 e. The molecule has 0 N–H and O–H groups in total. The first-order chi connectivity index (χ1) is 13.1. The lowest BCUT2D eigenvalue weighted by Crippen LogP contribution is -2.46. The standard InChI is InChI=1S/C17H30NO9P/c1-16(2)22-9-10(25-16)12-13-14(27-17(3,4)26-13)15(24-12)18-11(7-8-23-18)28(19,20-5)21-6/h10-15H,7-9H2,1-6H3/t10-,11-,12-,13+,14+,15+/m1/s1. The van der Waals surface area contributed by atoms with Gasteiger partial charge >= 0.3 is 7.60 Å². The summed E-state index contributed by atoms with van der Waals surface area (Å²) in [5, 5.41) is 1.55. The summed E-state index contributed by atoms with van der Waals surface area (Å²) in [6, 6.07) is 0. The van der Waals surface area contributed by atoms with Gasteiger partial charge in [-0.05, 0) is 27.7 Å². The van der Waals surface area contributed by atoms with E-state index in [0.29, 0.717) is 19.6 Å². The quantitative estimate of drug-likeness (QED) is 0.610. The van der Waals surface area contributed by atoms with E-state index in [1.807, 2.05) is 27.7 Å². The molecule has 0 aromatic heterocycles. The van der Waals surface area contributed by atoms with Crippen LogP contribution in [0, 0.1) is 0 Å². The molecule has 4 fully saturated rings. The molecule has 0 saturated carbocycles. The van der Waals surface area contributed by atoms with Crippen molar-refractivity contribution in [2.45, 2.75) is 82.1 Å². The maximum atomic E-state index is 13.0. The maximum absolute atomic E-state index is 13.0. The SMILES string of the molecule is COP(=O)(OC)[C@@H]1CCON1[C@H]1O[C@H]([C@H]2COC(C)(C)O2)[C@@H]2OC(C)(C)O[C@@H]21. The van der Waals surface area contributed by atoms with Crippen molar-refractivity contribution in [1.29, 1.82) is 0 Å². The van der Waals surface area contributed by atoms with E-state index in [1.165, 1.54) is 14.2 Å². The van der Waals surface area contributed by atoms with E-state index < -0.39 is 43.4 Å². The minimum atomic E-state index is -3.40. The maximum Gasteiger partial charge on any atom is 0.349 e. The van der Waals surface area contributed by atoms with Gasteiger partial charge in [0.25, 0.3) is 0 Å². The van der Waals surface area contributed by atoms with E-state index in [4.69, 9.17) is 37.6 Å². The predicted octanol–water partition coefficient (Wildman–Crippen LogP) is 1.83. The molecule has 10 nitrogen and oxygen atoms in total. The second kappa shape index (κ2) is 7.23. The van der Waals surface area contributed by atoms with Gasteiger partial charge in [0, 0.05) is 20.6 Å². The summed E-state index contributed by atoms with van der Waals surface area (Å²) < 4.78 is 53.7. The Labute approximate surface area is 165 Å². The largest absolute Gasteiger partial charge is 0.349 e. The summed E-state index contributed by atoms with van der Waals surface area (Å²) in [5.41, 5.74) is 0. The van der Waals surface area contributed by atoms with Crippen LogP contribution in [0.15, 0.2) is 0 Å². The zero-order valence-electron chi connectivity index (χ0n) is 17.2. The molecule has 0 bridgehead atoms. The van der Waals surface area contributed by atoms with Crippen molar-refractivity contribution in [1.82, 2.24) is 5.06 Å². The van der Waals surface area contributed by atoms with Gasteiger partial charge in [-0.1, -0.05) is 0 Å². The molecule has 4 heterocycles. The first-order valence-corrected chi connectivity index (χ1v) is 11.2. The van der Waals surface area contributed by atoms with Crippen LogP contribution in [0.1, 0.15) is 34.1 Å². The molecule has 28 heavy (non-hydrogen) atoms. The van der Waals surface area contributed by atoms with Gasteiger partial charge in [0.2, 0.25) is 0 Å². The lowest BCUT2D eigenvalue weighted by atomic mass is 10.1. The topological polar surface area (TPSA) is 94.2 Å². The number of fused-ring (bicyclic) bond motifs is 1. The summed E-state index contributed by atoms with van der Waals surface area (Å²) >= 11 is 0. The van der Waals surface area contributed by atoms with Crippen molar-refractivity contribution < 1.29 is 42.1 Å². The second-order valence-corrected chi connectivity index (χ2v) is 10.7. The Morgan fingerprint density at radius 2 is 1.64 bits per heavy atom. The normalized spacial score (nSPS) is 42.9. The number of hydrogen-bond donors (Lipinski definition) is 0. The van der Waals surface area contributed by atoms with Gasteiger partial charge in [0.15, 0.2) is 17.8 Å². The van der Waals surface area contributed by atoms with E-state index in [-0.39, 0.29) is 12.2 Å². The average Bonchev–Trinajstić information content (AvgIpc) is 3.36. The van der Waals surface area contributed by atoms with Crippen molar-refractivity contribution >= 4 is 7.60 Å². The van der Waals surface area contributed by atoms with Crippen molar-refractivity contribution in [2.24, 2.45) is 0 Å². The van der Waals surface area contributed by atoms with Crippen LogP contribution in [0.25, 0.3) is 0 Å². The first-order valence-electron chi connectivity index (χ1n) is 9.54. The zero-order valence-corrected chi connectivity index (χ0v) is 18.0. The summed E-state index contributed by atoms with van der Waals surface area (Å²) in [4.78, 5) is 5.80. The highest BCUT2D eigenvalue weighted by Crippen LogP contribution is 2.57. The summed E-state index contributed by atoms with van der Waals surface area (Å²) in [6.07, 6.45) is -1.72. The number of rotatable bonds is 5. The first kappa shape index (κ1) is 21.1. The lowest BCUT2D eigenvalue weighted by molar-refractivity contribution is -0.276. The number of hydroxylamine groups is 2. The van der Waals surface area contributed by atoms with Crippen molar-refractivity contribution in [2.75, 3.05) is 27.4 Å². The number of hydrogen-bond acceptors (Lipinski definition) is 10. The van der Waals surface area contributed by atoms with Gasteiger partial charge < -0.3 is 32.7 Å². The van der Waals surface area contributed by atoms with Gasteiger partial charge in [-0.15, -0.1) is 5.06 Å². The highest BCUT2D eigenvalue weighted by molar-refractivity contribution is 7.54. The fourth-order valence-electron chi connectivity index (χ4n) is 4.32. The van der Waals surface area contributed by atoms with Crippen molar-refractivity contribution in [3.8, 4) is 0 Å². The molecule has 0 amide bonds. The Morgan fingerprint density at radius 1 is 0.964 bits per heavy atom. The number of nitrogens with zero attached hydrogens (tertiary/aromatic N) is 1. The van der Waals surface area contributed by atoms with Crippen LogP contribution in [0.3, 0.4) is 0 Å². The highest BCUT2D eigenvalue weighted by Gasteiger charge is 2.63. The molecule has 4 rings (SSSR count). The Kier molecular flexibility index (Phi) is 5.45. The van der Waals surface area contributed by atoms with E-state index in [1.54, 1.807) is 5.06 Å². The molecule has 0 spiro atoms. The fourth-order valence-corrected chi connectivity index (χ4v) is 5.86. The zero-order chi connectivity index (χ0) is 20.3. The molecule has 4 aliphatic rings. The molecule has 162 valence electrons. The molecular formula is C17H30NO9P. The van der Waals surface area contributed by atoms with Crippen LogP contribution in [0.4, 0.5) is 0 Å². The van der Waals surface area contributed by atoms with E-state index in [9.17, 15) is 4.57 Å². The van der Waals surface area contributed by atoms with Crippen molar-refractivity contribution in [3.63, 3.8) is 0 Å². The van der Waals surface area contributed by atoms with Crippen LogP contribution in [-0.2, 0) is 42.1 Å². The molecule has 4 aliphatic heterocycles. The fraction of sp³-hybridized carbons (Fsp3) is 1.00. The third-order valence-electron chi connectivity index (χ3n) is 5.50. The average molecular weight is 423 g/mol. The Hall–Kier alpha value is -0.130. The summed E-state index contributed by atoms with van der Waals surface area (Å²) in [5.74, 6) is -2.08. The molecule has 11 heteroatoms. The molecule has 0 radical (unpaired) electrons. The Morgan fingerprint density at radius 3 is 2.25 bits per heavy atom. The van der Waals surface area contributed by atoms with E-state index in [0.717, 1.165) is 0 Å². The van der Waals surface area contributed by atoms with Gasteiger partial charge in [-0.2, -0.15) is 0 Å². The number of ether oxygens (including phenoxy) is 5. The van der Waals surface area contributed by atoms with Crippen LogP contribution in [-0.4, -0.2) is 80.5 Å². The molecular weight excluding hydrogens is 393 g/mol. The van der Waals surface area contributed by atoms with Gasteiger partial charge in [-0.25, -0.2) is 0 Å². The van der Waals surface area contributed by atoms with E-state index in [2.05, 4.69) is 0 Å². The van der Waals surface area contributed by atoms with Crippen LogP contribution < -0.4 is 0 Å². The molecule has 4 saturated heterocycles. The second-order valence-electron chi connectivity index (χ2n) is 8.29. The molecule has 0 aromatic rings. The highest BCUT2D eigenvalue weighted by atomic mass is 31.2. The predicted molar refractivity (Wildman–Crippen MR) is 95.2 cm³/mol. The third kappa shape index (κ3) is 3.58. The van der Waals surface area contributed by atoms with Gasteiger partial charge in [0.05, 0.1) is 13.2 Å². The van der Waals surface area contributed by atoms with Gasteiger partial charge in [0.1, 0.15) is 30.2 Å². The lowest BCUT2D eigenvalue weighted by Gasteiger charge is -2.34. The van der Waals surface area contributed by atoms with Gasteiger partial charge in [-0.3, -0.25) is 9.40 Å². The molecule has 0 aromatic carbocycles. The Balaban J connectivity index is 1.59. The smallest absolute Gasteiger partial charge is 0.349 e. The Bertz CT molecular complexity index is 636. The van der Waals surface area contributed by atoms with E-state index >= 15 is 0 Å². The molecule has 0 unspecified atom stereocenters. The van der Waals surface area contributed by atoms with Crippen LogP contribution in [0.2, 0.25) is 0 Å². The third-order valence-corrected chi connectivity index (χ3v) is 7.73. The summed E-state index contributed by atoms with van der Waals surface area (Å²) in [7, 11) is -0.669. The monoisotopic (exact) mass is 423 g/mol. The summed E-state index contributed by atoms with van der Waals surface area (Å²) in [6.45, 7) is 8.19. The molecule has 6 atom stereocenters. The van der Waals surface area contributed by atoms with Crippen LogP contribution in [0.5, 0.6) is 0 Å². The molecule has 0 aliphatic carbocycles.